The molecule has 1 N–H and O–H groups in total. The Balaban J connectivity index is 2.08. The molecule has 96 valence electrons. The third-order valence-corrected chi connectivity index (χ3v) is 4.84. The van der Waals surface area contributed by atoms with Crippen LogP contribution in [0.2, 0.25) is 0 Å². The number of carbonyl (C=O) groups is 2. The molecule has 2 aliphatic rings. The minimum atomic E-state index is -0.0351. The van der Waals surface area contributed by atoms with E-state index in [1.54, 1.807) is 4.90 Å². The number of nitrogens with one attached hydrogen (secondary N) is 1. The highest BCUT2D eigenvalue weighted by Crippen LogP contribution is 2.68. The first-order valence-corrected chi connectivity index (χ1v) is 6.34. The molecule has 2 fully saturated rings. The van der Waals surface area contributed by atoms with Crippen LogP contribution in [0.3, 0.4) is 0 Å². The molecule has 17 heavy (non-hydrogen) atoms. The molecule has 1 heterocycles. The molecule has 1 saturated heterocycles. The number of amides is 2. The van der Waals surface area contributed by atoms with Crippen molar-refractivity contribution in [3.8, 4) is 0 Å². The van der Waals surface area contributed by atoms with Crippen molar-refractivity contribution in [2.24, 2.45) is 16.7 Å². The van der Waals surface area contributed by atoms with Crippen molar-refractivity contribution in [3.63, 3.8) is 0 Å². The van der Waals surface area contributed by atoms with Crippen LogP contribution in [0.1, 0.15) is 34.1 Å². The van der Waals surface area contributed by atoms with Crippen LogP contribution >= 0.6 is 0 Å². The van der Waals surface area contributed by atoms with Crippen LogP contribution in [-0.2, 0) is 9.59 Å². The first-order valence-electron chi connectivity index (χ1n) is 6.34. The zero-order valence-corrected chi connectivity index (χ0v) is 11.2. The summed E-state index contributed by atoms with van der Waals surface area (Å²) in [5.74, 6) is 0.171. The predicted octanol–water partition coefficient (Wildman–Crippen LogP) is 1.02. The van der Waals surface area contributed by atoms with E-state index < -0.39 is 0 Å². The van der Waals surface area contributed by atoms with Gasteiger partial charge in [-0.3, -0.25) is 9.59 Å². The third kappa shape index (κ3) is 1.83. The average Bonchev–Trinajstić information content (AvgIpc) is 2.72. The Morgan fingerprint density at radius 2 is 1.88 bits per heavy atom. The number of hydrogen-bond acceptors (Lipinski definition) is 2. The zero-order valence-electron chi connectivity index (χ0n) is 11.2. The summed E-state index contributed by atoms with van der Waals surface area (Å²) in [7, 11) is 0. The molecule has 0 radical (unpaired) electrons. The van der Waals surface area contributed by atoms with Gasteiger partial charge in [0.2, 0.25) is 11.8 Å². The molecular weight excluding hydrogens is 216 g/mol. The molecule has 1 aliphatic heterocycles. The lowest BCUT2D eigenvalue weighted by atomic mass is 10.0. The van der Waals surface area contributed by atoms with Gasteiger partial charge in [0.05, 0.1) is 6.54 Å². The summed E-state index contributed by atoms with van der Waals surface area (Å²) in [5.41, 5.74) is 0.0970. The molecule has 1 aliphatic carbocycles. The van der Waals surface area contributed by atoms with Gasteiger partial charge in [0.25, 0.3) is 0 Å². The highest BCUT2D eigenvalue weighted by molar-refractivity contribution is 5.89. The van der Waals surface area contributed by atoms with E-state index in [9.17, 15) is 9.59 Å². The molecule has 0 bridgehead atoms. The fourth-order valence-electron chi connectivity index (χ4n) is 2.99. The van der Waals surface area contributed by atoms with Crippen LogP contribution in [0.25, 0.3) is 0 Å². The Hall–Kier alpha value is -1.06. The normalized spacial score (nSPS) is 27.3. The molecule has 0 unspecified atom stereocenters. The molecule has 0 aromatic rings. The van der Waals surface area contributed by atoms with E-state index in [4.69, 9.17) is 0 Å². The summed E-state index contributed by atoms with van der Waals surface area (Å²) in [4.78, 5) is 25.6. The number of rotatable bonds is 1. The van der Waals surface area contributed by atoms with Gasteiger partial charge in [-0.1, -0.05) is 27.7 Å². The zero-order chi connectivity index (χ0) is 12.8. The van der Waals surface area contributed by atoms with Crippen LogP contribution in [0.15, 0.2) is 0 Å². The van der Waals surface area contributed by atoms with E-state index in [0.717, 1.165) is 6.42 Å². The van der Waals surface area contributed by atoms with Crippen molar-refractivity contribution in [1.29, 1.82) is 0 Å². The van der Waals surface area contributed by atoms with Gasteiger partial charge < -0.3 is 10.2 Å². The Morgan fingerprint density at radius 3 is 2.41 bits per heavy atom. The lowest BCUT2D eigenvalue weighted by molar-refractivity contribution is -0.137. The molecule has 0 aromatic heterocycles. The van der Waals surface area contributed by atoms with Gasteiger partial charge in [-0.25, -0.2) is 0 Å². The summed E-state index contributed by atoms with van der Waals surface area (Å²) in [6.07, 6.45) is 0.852. The second-order valence-electron chi connectivity index (χ2n) is 6.34. The van der Waals surface area contributed by atoms with Crippen LogP contribution in [0.5, 0.6) is 0 Å². The van der Waals surface area contributed by atoms with Crippen molar-refractivity contribution in [2.75, 3.05) is 19.6 Å². The lowest BCUT2D eigenvalue weighted by Gasteiger charge is -2.20. The number of carbonyl (C=O) groups excluding carboxylic acids is 2. The van der Waals surface area contributed by atoms with Gasteiger partial charge in [-0.05, 0) is 17.3 Å². The SMILES string of the molecule is CC1(C)C(C(=O)N2CCCNC(=O)C2)C1(C)C. The monoisotopic (exact) mass is 238 g/mol. The molecule has 4 nitrogen and oxygen atoms in total. The Labute approximate surface area is 103 Å². The number of hydrogen-bond donors (Lipinski definition) is 1. The average molecular weight is 238 g/mol. The van der Waals surface area contributed by atoms with E-state index in [1.807, 2.05) is 0 Å². The van der Waals surface area contributed by atoms with E-state index >= 15 is 0 Å². The summed E-state index contributed by atoms with van der Waals surface area (Å²) >= 11 is 0. The molecule has 2 amide bonds. The summed E-state index contributed by atoms with van der Waals surface area (Å²) in [6, 6.07) is 0. The third-order valence-electron chi connectivity index (χ3n) is 4.84. The van der Waals surface area contributed by atoms with Crippen molar-refractivity contribution in [2.45, 2.75) is 34.1 Å². The quantitative estimate of drug-likeness (QED) is 0.741. The van der Waals surface area contributed by atoms with Crippen molar-refractivity contribution in [1.82, 2.24) is 10.2 Å². The molecule has 2 rings (SSSR count). The molecular formula is C13H22N2O2. The van der Waals surface area contributed by atoms with Crippen LogP contribution in [0, 0.1) is 16.7 Å². The maximum atomic E-state index is 12.4. The summed E-state index contributed by atoms with van der Waals surface area (Å²) in [5, 5.41) is 2.80. The Morgan fingerprint density at radius 1 is 1.29 bits per heavy atom. The minimum Gasteiger partial charge on any atom is -0.354 e. The van der Waals surface area contributed by atoms with Gasteiger partial charge in [0, 0.05) is 19.0 Å². The van der Waals surface area contributed by atoms with Gasteiger partial charge in [0.1, 0.15) is 0 Å². The predicted molar refractivity (Wildman–Crippen MR) is 65.3 cm³/mol. The highest BCUT2D eigenvalue weighted by Gasteiger charge is 2.68. The van der Waals surface area contributed by atoms with Crippen LogP contribution in [-0.4, -0.2) is 36.3 Å². The van der Waals surface area contributed by atoms with Gasteiger partial charge in [-0.15, -0.1) is 0 Å². The molecule has 0 spiro atoms. The van der Waals surface area contributed by atoms with E-state index in [1.165, 1.54) is 0 Å². The van der Waals surface area contributed by atoms with Gasteiger partial charge >= 0.3 is 0 Å². The van der Waals surface area contributed by atoms with E-state index in [0.29, 0.717) is 13.1 Å². The largest absolute Gasteiger partial charge is 0.354 e. The van der Waals surface area contributed by atoms with Crippen molar-refractivity contribution >= 4 is 11.8 Å². The Bertz CT molecular complexity index is 346. The highest BCUT2D eigenvalue weighted by atomic mass is 16.2. The van der Waals surface area contributed by atoms with Crippen LogP contribution in [0.4, 0.5) is 0 Å². The van der Waals surface area contributed by atoms with E-state index in [-0.39, 0.29) is 35.1 Å². The fraction of sp³-hybridized carbons (Fsp3) is 0.846. The molecule has 4 heteroatoms. The summed E-state index contributed by atoms with van der Waals surface area (Å²) < 4.78 is 0. The van der Waals surface area contributed by atoms with Gasteiger partial charge in [0.15, 0.2) is 0 Å². The second-order valence-corrected chi connectivity index (χ2v) is 6.34. The standard InChI is InChI=1S/C13H22N2O2/c1-12(2)10(13(12,3)4)11(17)15-7-5-6-14-9(16)8-15/h10H,5-8H2,1-4H3,(H,14,16). The summed E-state index contributed by atoms with van der Waals surface area (Å²) in [6.45, 7) is 10.1. The number of nitrogens with zero attached hydrogens (tertiary/aromatic N) is 1. The maximum absolute atomic E-state index is 12.4. The second kappa shape index (κ2) is 3.72. The molecule has 1 saturated carbocycles. The topological polar surface area (TPSA) is 49.4 Å². The lowest BCUT2D eigenvalue weighted by Crippen LogP contribution is -2.39. The van der Waals surface area contributed by atoms with E-state index in [2.05, 4.69) is 33.0 Å². The maximum Gasteiger partial charge on any atom is 0.239 e. The molecule has 0 atom stereocenters. The fourth-order valence-corrected chi connectivity index (χ4v) is 2.99. The van der Waals surface area contributed by atoms with Gasteiger partial charge in [-0.2, -0.15) is 0 Å². The Kier molecular flexibility index (Phi) is 2.71. The molecule has 0 aromatic carbocycles. The first kappa shape index (κ1) is 12.4. The first-order chi connectivity index (χ1) is 7.78. The minimum absolute atomic E-state index is 0.0351. The van der Waals surface area contributed by atoms with Crippen molar-refractivity contribution < 1.29 is 9.59 Å². The van der Waals surface area contributed by atoms with Crippen LogP contribution < -0.4 is 5.32 Å². The smallest absolute Gasteiger partial charge is 0.239 e. The van der Waals surface area contributed by atoms with Crippen molar-refractivity contribution in [3.05, 3.63) is 0 Å².